The number of nitrogens with zero attached hydrogens (tertiary/aromatic N) is 4. The Labute approximate surface area is 130 Å². The minimum Gasteiger partial charge on any atom is -0.395 e. The Kier molecular flexibility index (Phi) is 5.15. The maximum Gasteiger partial charge on any atom is 0.240 e. The van der Waals surface area contributed by atoms with Crippen molar-refractivity contribution < 1.29 is 9.63 Å². The molecule has 0 aliphatic carbocycles. The van der Waals surface area contributed by atoms with Gasteiger partial charge in [-0.1, -0.05) is 35.5 Å². The third kappa shape index (κ3) is 4.13. The van der Waals surface area contributed by atoms with Gasteiger partial charge in [-0.15, -0.1) is 0 Å². The molecule has 6 heteroatoms. The van der Waals surface area contributed by atoms with E-state index in [0.29, 0.717) is 18.9 Å². The molecule has 6 nitrogen and oxygen atoms in total. The molecule has 1 aliphatic heterocycles. The summed E-state index contributed by atoms with van der Waals surface area (Å²) < 4.78 is 5.36. The van der Waals surface area contributed by atoms with E-state index in [1.54, 1.807) is 0 Å². The molecule has 0 bridgehead atoms. The lowest BCUT2D eigenvalue weighted by Gasteiger charge is -2.33. The van der Waals surface area contributed by atoms with Crippen LogP contribution in [0.4, 0.5) is 0 Å². The van der Waals surface area contributed by atoms with E-state index in [4.69, 9.17) is 9.63 Å². The minimum absolute atomic E-state index is 0.229. The quantitative estimate of drug-likeness (QED) is 0.850. The van der Waals surface area contributed by atoms with Crippen LogP contribution in [0.3, 0.4) is 0 Å². The molecular weight excluding hydrogens is 280 g/mol. The van der Waals surface area contributed by atoms with Crippen molar-refractivity contribution in [1.82, 2.24) is 19.9 Å². The monoisotopic (exact) mass is 302 g/mol. The van der Waals surface area contributed by atoms with Gasteiger partial charge in [-0.3, -0.25) is 9.80 Å². The first-order valence-corrected chi connectivity index (χ1v) is 7.74. The summed E-state index contributed by atoms with van der Waals surface area (Å²) in [6.45, 7) is 5.58. The van der Waals surface area contributed by atoms with E-state index in [-0.39, 0.29) is 6.61 Å². The van der Waals surface area contributed by atoms with Crippen molar-refractivity contribution in [2.45, 2.75) is 13.0 Å². The van der Waals surface area contributed by atoms with E-state index in [1.165, 1.54) is 5.56 Å². The summed E-state index contributed by atoms with van der Waals surface area (Å²) in [5, 5.41) is 13.0. The number of hydrogen-bond acceptors (Lipinski definition) is 6. The predicted molar refractivity (Wildman–Crippen MR) is 82.3 cm³/mol. The summed E-state index contributed by atoms with van der Waals surface area (Å²) in [6, 6.07) is 10.2. The number of aliphatic hydroxyl groups is 1. The number of benzene rings is 1. The van der Waals surface area contributed by atoms with Crippen molar-refractivity contribution >= 4 is 0 Å². The normalized spacial score (nSPS) is 17.0. The standard InChI is InChI=1S/C16H22N4O2/c21-11-10-19-6-8-20(9-7-19)13-16-17-15(18-22-16)12-14-4-2-1-3-5-14/h1-5,21H,6-13H2. The number of β-amino-alcohol motifs (C(OH)–C–C–N with tert-alkyl or cyclic N) is 1. The highest BCUT2D eigenvalue weighted by atomic mass is 16.5. The molecule has 0 unspecified atom stereocenters. The molecular formula is C16H22N4O2. The minimum atomic E-state index is 0.229. The summed E-state index contributed by atoms with van der Waals surface area (Å²) in [5.41, 5.74) is 1.19. The average Bonchev–Trinajstić information content (AvgIpc) is 2.98. The summed E-state index contributed by atoms with van der Waals surface area (Å²) in [6.07, 6.45) is 0.703. The van der Waals surface area contributed by atoms with Gasteiger partial charge >= 0.3 is 0 Å². The summed E-state index contributed by atoms with van der Waals surface area (Å²) in [7, 11) is 0. The van der Waals surface area contributed by atoms with Gasteiger partial charge in [-0.05, 0) is 5.56 Å². The van der Waals surface area contributed by atoms with Crippen molar-refractivity contribution in [2.24, 2.45) is 0 Å². The number of aliphatic hydroxyl groups excluding tert-OH is 1. The molecule has 2 heterocycles. The molecule has 22 heavy (non-hydrogen) atoms. The van der Waals surface area contributed by atoms with E-state index < -0.39 is 0 Å². The Bertz CT molecular complexity index is 565. The van der Waals surface area contributed by atoms with Crippen LogP contribution in [-0.2, 0) is 13.0 Å². The van der Waals surface area contributed by atoms with Crippen LogP contribution >= 0.6 is 0 Å². The van der Waals surface area contributed by atoms with Crippen LogP contribution in [0, 0.1) is 0 Å². The van der Waals surface area contributed by atoms with Crippen molar-refractivity contribution in [2.75, 3.05) is 39.3 Å². The Morgan fingerprint density at radius 2 is 1.77 bits per heavy atom. The summed E-state index contributed by atoms with van der Waals surface area (Å²) in [5.74, 6) is 1.42. The van der Waals surface area contributed by atoms with Gasteiger partial charge in [-0.2, -0.15) is 4.98 Å². The van der Waals surface area contributed by atoms with E-state index in [0.717, 1.165) is 38.5 Å². The number of aromatic nitrogens is 2. The highest BCUT2D eigenvalue weighted by Gasteiger charge is 2.18. The van der Waals surface area contributed by atoms with Gasteiger partial charge in [-0.25, -0.2) is 0 Å². The number of piperazine rings is 1. The molecule has 1 N–H and O–H groups in total. The SMILES string of the molecule is OCCN1CCN(Cc2nc(Cc3ccccc3)no2)CC1. The van der Waals surface area contributed by atoms with Crippen LogP contribution in [0.5, 0.6) is 0 Å². The van der Waals surface area contributed by atoms with E-state index in [1.807, 2.05) is 18.2 Å². The van der Waals surface area contributed by atoms with Gasteiger partial charge < -0.3 is 9.63 Å². The average molecular weight is 302 g/mol. The third-order valence-corrected chi connectivity index (χ3v) is 3.96. The Morgan fingerprint density at radius 1 is 1.05 bits per heavy atom. The molecule has 2 aromatic rings. The molecule has 0 amide bonds. The fraction of sp³-hybridized carbons (Fsp3) is 0.500. The van der Waals surface area contributed by atoms with Crippen LogP contribution in [0.25, 0.3) is 0 Å². The molecule has 0 radical (unpaired) electrons. The first-order chi connectivity index (χ1) is 10.8. The highest BCUT2D eigenvalue weighted by Crippen LogP contribution is 2.10. The first kappa shape index (κ1) is 15.1. The molecule has 118 valence electrons. The topological polar surface area (TPSA) is 65.6 Å². The lowest BCUT2D eigenvalue weighted by Crippen LogP contribution is -2.46. The highest BCUT2D eigenvalue weighted by molar-refractivity contribution is 5.18. The molecule has 1 aliphatic rings. The third-order valence-electron chi connectivity index (χ3n) is 3.96. The van der Waals surface area contributed by atoms with Crippen LogP contribution in [0.15, 0.2) is 34.9 Å². The smallest absolute Gasteiger partial charge is 0.240 e. The predicted octanol–water partition coefficient (Wildman–Crippen LogP) is 0.770. The Balaban J connectivity index is 1.50. The molecule has 3 rings (SSSR count). The molecule has 0 spiro atoms. The van der Waals surface area contributed by atoms with Crippen LogP contribution < -0.4 is 0 Å². The second kappa shape index (κ2) is 7.49. The van der Waals surface area contributed by atoms with Gasteiger partial charge in [0.15, 0.2) is 5.82 Å². The second-order valence-electron chi connectivity index (χ2n) is 5.61. The number of hydrogen-bond donors (Lipinski definition) is 1. The molecule has 1 saturated heterocycles. The fourth-order valence-electron chi connectivity index (χ4n) is 2.71. The lowest BCUT2D eigenvalue weighted by atomic mass is 10.1. The maximum absolute atomic E-state index is 8.95. The zero-order chi connectivity index (χ0) is 15.2. The molecule has 1 aromatic carbocycles. The summed E-state index contributed by atoms with van der Waals surface area (Å²) >= 11 is 0. The van der Waals surface area contributed by atoms with Gasteiger partial charge in [0.1, 0.15) is 0 Å². The van der Waals surface area contributed by atoms with E-state index >= 15 is 0 Å². The molecule has 0 saturated carbocycles. The zero-order valence-electron chi connectivity index (χ0n) is 12.7. The van der Waals surface area contributed by atoms with Gasteiger partial charge in [0.25, 0.3) is 0 Å². The van der Waals surface area contributed by atoms with E-state index in [9.17, 15) is 0 Å². The first-order valence-electron chi connectivity index (χ1n) is 7.74. The van der Waals surface area contributed by atoms with Crippen LogP contribution in [0.2, 0.25) is 0 Å². The Morgan fingerprint density at radius 3 is 2.50 bits per heavy atom. The van der Waals surface area contributed by atoms with Crippen molar-refractivity contribution in [3.63, 3.8) is 0 Å². The van der Waals surface area contributed by atoms with E-state index in [2.05, 4.69) is 32.1 Å². The fourth-order valence-corrected chi connectivity index (χ4v) is 2.71. The van der Waals surface area contributed by atoms with Crippen molar-refractivity contribution in [1.29, 1.82) is 0 Å². The second-order valence-corrected chi connectivity index (χ2v) is 5.61. The molecule has 0 atom stereocenters. The van der Waals surface area contributed by atoms with Gasteiger partial charge in [0.2, 0.25) is 5.89 Å². The van der Waals surface area contributed by atoms with Crippen molar-refractivity contribution in [3.05, 3.63) is 47.6 Å². The van der Waals surface area contributed by atoms with Crippen LogP contribution in [-0.4, -0.2) is 64.4 Å². The Hall–Kier alpha value is -1.76. The lowest BCUT2D eigenvalue weighted by molar-refractivity contribution is 0.101. The van der Waals surface area contributed by atoms with Crippen LogP contribution in [0.1, 0.15) is 17.3 Å². The molecule has 1 fully saturated rings. The van der Waals surface area contributed by atoms with Crippen molar-refractivity contribution in [3.8, 4) is 0 Å². The molecule has 1 aromatic heterocycles. The van der Waals surface area contributed by atoms with Gasteiger partial charge in [0, 0.05) is 39.1 Å². The zero-order valence-corrected chi connectivity index (χ0v) is 12.7. The largest absolute Gasteiger partial charge is 0.395 e. The number of rotatable bonds is 6. The summed E-state index contributed by atoms with van der Waals surface area (Å²) in [4.78, 5) is 9.06. The maximum atomic E-state index is 8.95. The van der Waals surface area contributed by atoms with Gasteiger partial charge in [0.05, 0.1) is 13.2 Å².